The first kappa shape index (κ1) is 29.6. The maximum atomic E-state index is 13.4. The largest absolute Gasteiger partial charge is 0.322 e. The summed E-state index contributed by atoms with van der Waals surface area (Å²) in [6.07, 6.45) is 6.27. The summed E-state index contributed by atoms with van der Waals surface area (Å²) in [7, 11) is 0. The SMILES string of the molecule is O=C(/C=C/c1ccc(NC(=O)c2ccc3c(c2)C(=O)N(c2cccc(/C=C/C(=O)c4ccccc4)c2)C3=O)cc1)c1ccccc1. The average molecular weight is 603 g/mol. The van der Waals surface area contributed by atoms with Gasteiger partial charge >= 0.3 is 0 Å². The molecule has 0 atom stereocenters. The number of fused-ring (bicyclic) bond motifs is 1. The third kappa shape index (κ3) is 6.39. The Morgan fingerprint density at radius 1 is 0.522 bits per heavy atom. The van der Waals surface area contributed by atoms with Gasteiger partial charge in [0, 0.05) is 22.4 Å². The van der Waals surface area contributed by atoms with Crippen molar-refractivity contribution in [3.8, 4) is 0 Å². The molecule has 0 aromatic heterocycles. The van der Waals surface area contributed by atoms with Gasteiger partial charge in [0.05, 0.1) is 16.8 Å². The van der Waals surface area contributed by atoms with Gasteiger partial charge in [0.25, 0.3) is 17.7 Å². The van der Waals surface area contributed by atoms with Gasteiger partial charge in [-0.1, -0.05) is 97.1 Å². The van der Waals surface area contributed by atoms with Crippen molar-refractivity contribution in [2.75, 3.05) is 10.2 Å². The standard InChI is InChI=1S/C39H26N2O5/c42-35(28-9-3-1-4-10-28)22-16-26-14-19-31(20-15-26)40-37(44)30-18-21-33-34(25-30)39(46)41(38(33)45)32-13-7-8-27(24-32)17-23-36(43)29-11-5-2-6-12-29/h1-25H,(H,40,44)/b22-16+,23-17+. The van der Waals surface area contributed by atoms with E-state index in [1.165, 1.54) is 30.4 Å². The molecule has 222 valence electrons. The molecule has 1 aliphatic heterocycles. The highest BCUT2D eigenvalue weighted by Gasteiger charge is 2.37. The lowest BCUT2D eigenvalue weighted by atomic mass is 10.1. The molecule has 5 aromatic rings. The summed E-state index contributed by atoms with van der Waals surface area (Å²) < 4.78 is 0. The van der Waals surface area contributed by atoms with Crippen LogP contribution in [0.15, 0.2) is 140 Å². The van der Waals surface area contributed by atoms with E-state index < -0.39 is 17.7 Å². The van der Waals surface area contributed by atoms with Crippen molar-refractivity contribution in [3.05, 3.63) is 178 Å². The minimum atomic E-state index is -0.544. The zero-order valence-electron chi connectivity index (χ0n) is 24.4. The number of anilines is 2. The summed E-state index contributed by atoms with van der Waals surface area (Å²) in [6, 6.07) is 35.9. The number of nitrogens with one attached hydrogen (secondary N) is 1. The number of rotatable bonds is 9. The molecule has 6 rings (SSSR count). The van der Waals surface area contributed by atoms with Crippen molar-refractivity contribution in [3.63, 3.8) is 0 Å². The van der Waals surface area contributed by atoms with Gasteiger partial charge in [-0.25, -0.2) is 4.90 Å². The molecule has 1 heterocycles. The Morgan fingerprint density at radius 2 is 1.11 bits per heavy atom. The highest BCUT2D eigenvalue weighted by Crippen LogP contribution is 2.30. The van der Waals surface area contributed by atoms with Crippen molar-refractivity contribution >= 4 is 52.8 Å². The first-order chi connectivity index (χ1) is 22.4. The second-order valence-electron chi connectivity index (χ2n) is 10.5. The van der Waals surface area contributed by atoms with E-state index in [2.05, 4.69) is 5.32 Å². The van der Waals surface area contributed by atoms with Crippen LogP contribution >= 0.6 is 0 Å². The number of allylic oxidation sites excluding steroid dienone is 2. The zero-order chi connectivity index (χ0) is 32.0. The second-order valence-corrected chi connectivity index (χ2v) is 10.5. The Labute approximate surface area is 265 Å². The van der Waals surface area contributed by atoms with Gasteiger partial charge in [0.1, 0.15) is 0 Å². The summed E-state index contributed by atoms with van der Waals surface area (Å²) in [4.78, 5) is 65.6. The van der Waals surface area contributed by atoms with Crippen LogP contribution < -0.4 is 10.2 Å². The van der Waals surface area contributed by atoms with E-state index in [1.807, 2.05) is 12.1 Å². The predicted octanol–water partition coefficient (Wildman–Crippen LogP) is 7.53. The predicted molar refractivity (Wildman–Crippen MR) is 178 cm³/mol. The zero-order valence-corrected chi connectivity index (χ0v) is 24.4. The number of imide groups is 1. The van der Waals surface area contributed by atoms with Crippen LogP contribution in [-0.4, -0.2) is 29.3 Å². The number of hydrogen-bond acceptors (Lipinski definition) is 5. The Hall–Kier alpha value is -6.47. The van der Waals surface area contributed by atoms with Gasteiger partial charge in [0.15, 0.2) is 11.6 Å². The van der Waals surface area contributed by atoms with Crippen LogP contribution in [0.3, 0.4) is 0 Å². The molecular weight excluding hydrogens is 576 g/mol. The molecule has 0 radical (unpaired) electrons. The van der Waals surface area contributed by atoms with Gasteiger partial charge in [-0.2, -0.15) is 0 Å². The number of nitrogens with zero attached hydrogens (tertiary/aromatic N) is 1. The Kier molecular flexibility index (Phi) is 8.38. The molecule has 0 unspecified atom stereocenters. The highest BCUT2D eigenvalue weighted by atomic mass is 16.2. The monoisotopic (exact) mass is 602 g/mol. The fourth-order valence-corrected chi connectivity index (χ4v) is 5.01. The lowest BCUT2D eigenvalue weighted by molar-refractivity contribution is 0.0923. The van der Waals surface area contributed by atoms with Gasteiger partial charge in [-0.05, 0) is 65.7 Å². The number of benzene rings is 5. The fourth-order valence-electron chi connectivity index (χ4n) is 5.01. The Bertz CT molecular complexity index is 2050. The maximum absolute atomic E-state index is 13.4. The molecule has 7 nitrogen and oxygen atoms in total. The van der Waals surface area contributed by atoms with Crippen LogP contribution in [0.5, 0.6) is 0 Å². The normalized spacial score (nSPS) is 12.5. The first-order valence-electron chi connectivity index (χ1n) is 14.5. The number of ketones is 2. The molecule has 46 heavy (non-hydrogen) atoms. The van der Waals surface area contributed by atoms with Crippen molar-refractivity contribution in [1.82, 2.24) is 0 Å². The second kappa shape index (κ2) is 13.0. The Morgan fingerprint density at radius 3 is 1.74 bits per heavy atom. The molecule has 0 aliphatic carbocycles. The quantitative estimate of drug-likeness (QED) is 0.107. The van der Waals surface area contributed by atoms with Crippen molar-refractivity contribution < 1.29 is 24.0 Å². The summed E-state index contributed by atoms with van der Waals surface area (Å²) in [5, 5.41) is 2.80. The van der Waals surface area contributed by atoms with Crippen molar-refractivity contribution in [1.29, 1.82) is 0 Å². The van der Waals surface area contributed by atoms with Gasteiger partial charge in [0.2, 0.25) is 0 Å². The van der Waals surface area contributed by atoms with E-state index in [0.717, 1.165) is 10.5 Å². The van der Waals surface area contributed by atoms with E-state index in [0.29, 0.717) is 28.1 Å². The van der Waals surface area contributed by atoms with Crippen LogP contribution in [0.2, 0.25) is 0 Å². The lowest BCUT2D eigenvalue weighted by Crippen LogP contribution is -2.29. The molecule has 0 saturated heterocycles. The highest BCUT2D eigenvalue weighted by molar-refractivity contribution is 6.35. The maximum Gasteiger partial charge on any atom is 0.266 e. The van der Waals surface area contributed by atoms with E-state index >= 15 is 0 Å². The summed E-state index contributed by atoms with van der Waals surface area (Å²) >= 11 is 0. The minimum Gasteiger partial charge on any atom is -0.322 e. The molecule has 7 heteroatoms. The topological polar surface area (TPSA) is 101 Å². The Balaban J connectivity index is 1.13. The molecule has 0 bridgehead atoms. The summed E-state index contributed by atoms with van der Waals surface area (Å²) in [5.41, 5.74) is 3.99. The van der Waals surface area contributed by atoms with Gasteiger partial charge in [-0.3, -0.25) is 24.0 Å². The first-order valence-corrected chi connectivity index (χ1v) is 14.5. The van der Waals surface area contributed by atoms with Crippen LogP contribution in [0, 0.1) is 0 Å². The van der Waals surface area contributed by atoms with Crippen molar-refractivity contribution in [2.24, 2.45) is 0 Å². The molecule has 0 spiro atoms. The molecule has 0 fully saturated rings. The van der Waals surface area contributed by atoms with Crippen LogP contribution in [0.1, 0.15) is 62.9 Å². The van der Waals surface area contributed by atoms with Gasteiger partial charge < -0.3 is 5.32 Å². The molecule has 0 saturated carbocycles. The molecule has 5 aromatic carbocycles. The number of carbonyl (C=O) groups excluding carboxylic acids is 5. The van der Waals surface area contributed by atoms with Crippen LogP contribution in [-0.2, 0) is 0 Å². The van der Waals surface area contributed by atoms with Gasteiger partial charge in [-0.15, -0.1) is 0 Å². The number of amides is 3. The van der Waals surface area contributed by atoms with E-state index in [4.69, 9.17) is 0 Å². The molecule has 1 aliphatic rings. The fraction of sp³-hybridized carbons (Fsp3) is 0. The van der Waals surface area contributed by atoms with E-state index in [1.54, 1.807) is 109 Å². The molecule has 3 amide bonds. The van der Waals surface area contributed by atoms with E-state index in [9.17, 15) is 24.0 Å². The third-order valence-corrected chi connectivity index (χ3v) is 7.42. The number of carbonyl (C=O) groups is 5. The molecular formula is C39H26N2O5. The third-order valence-electron chi connectivity index (χ3n) is 7.42. The average Bonchev–Trinajstić information content (AvgIpc) is 3.35. The smallest absolute Gasteiger partial charge is 0.266 e. The van der Waals surface area contributed by atoms with Crippen molar-refractivity contribution in [2.45, 2.75) is 0 Å². The van der Waals surface area contributed by atoms with Crippen LogP contribution in [0.25, 0.3) is 12.2 Å². The lowest BCUT2D eigenvalue weighted by Gasteiger charge is -2.14. The minimum absolute atomic E-state index is 0.110. The summed E-state index contributed by atoms with van der Waals surface area (Å²) in [6.45, 7) is 0. The van der Waals surface area contributed by atoms with Crippen LogP contribution in [0.4, 0.5) is 11.4 Å². The number of hydrogen-bond donors (Lipinski definition) is 1. The molecule has 1 N–H and O–H groups in total. The van der Waals surface area contributed by atoms with E-state index in [-0.39, 0.29) is 28.3 Å². The summed E-state index contributed by atoms with van der Waals surface area (Å²) in [5.74, 6) is -1.76.